The summed E-state index contributed by atoms with van der Waals surface area (Å²) in [6.07, 6.45) is 0. The average molecular weight is 1070 g/mol. The minimum atomic E-state index is -0.151. The zero-order valence-corrected chi connectivity index (χ0v) is 55.1. The molecular weight excluding hydrogens is 965 g/mol. The molecule has 2 N–H and O–H groups in total. The van der Waals surface area contributed by atoms with Crippen LogP contribution in [0, 0.1) is 0 Å². The van der Waals surface area contributed by atoms with E-state index in [4.69, 9.17) is 0 Å². The molecule has 0 aliphatic carbocycles. The molecule has 0 saturated carbocycles. The molecule has 426 valence electrons. The molecule has 2 nitrogen and oxygen atoms in total. The molecule has 80 heavy (non-hydrogen) atoms. The molecule has 0 aromatic heterocycles. The minimum Gasteiger partial charge on any atom is -0.355 e. The summed E-state index contributed by atoms with van der Waals surface area (Å²) in [6, 6.07) is 50.5. The van der Waals surface area contributed by atoms with E-state index in [9.17, 15) is 0 Å². The summed E-state index contributed by atoms with van der Waals surface area (Å²) in [4.78, 5) is 0. The number of hydrogen-bond acceptors (Lipinski definition) is 2. The van der Waals surface area contributed by atoms with Crippen LogP contribution in [0.5, 0.6) is 0 Å². The van der Waals surface area contributed by atoms with E-state index in [1.807, 2.05) is 0 Å². The van der Waals surface area contributed by atoms with E-state index in [-0.39, 0.29) is 48.7 Å². The van der Waals surface area contributed by atoms with Gasteiger partial charge in [-0.1, -0.05) is 284 Å². The van der Waals surface area contributed by atoms with Crippen LogP contribution >= 0.6 is 0 Å². The fourth-order valence-electron chi connectivity index (χ4n) is 10.3. The van der Waals surface area contributed by atoms with E-state index < -0.39 is 0 Å². The number of anilines is 4. The summed E-state index contributed by atoms with van der Waals surface area (Å²) in [5, 5.41) is 8.32. The van der Waals surface area contributed by atoms with Gasteiger partial charge >= 0.3 is 0 Å². The molecule has 0 aliphatic rings. The fourth-order valence-corrected chi connectivity index (χ4v) is 10.3. The van der Waals surface area contributed by atoms with E-state index in [2.05, 4.69) is 325 Å². The van der Waals surface area contributed by atoms with Crippen LogP contribution in [-0.2, 0) is 48.7 Å². The van der Waals surface area contributed by atoms with Gasteiger partial charge in [0.25, 0.3) is 0 Å². The molecule has 0 aliphatic heterocycles. The first-order valence-electron chi connectivity index (χ1n) is 29.9. The van der Waals surface area contributed by atoms with Gasteiger partial charge in [0, 0.05) is 33.9 Å². The zero-order valence-electron chi connectivity index (χ0n) is 55.1. The Kier molecular flexibility index (Phi) is 16.3. The summed E-state index contributed by atoms with van der Waals surface area (Å²) in [7, 11) is 0. The Morgan fingerprint density at radius 3 is 0.600 bits per heavy atom. The number of benzene rings is 7. The van der Waals surface area contributed by atoms with Gasteiger partial charge < -0.3 is 10.6 Å². The second-order valence-corrected chi connectivity index (χ2v) is 33.0. The number of hydrogen-bond donors (Lipinski definition) is 2. The topological polar surface area (TPSA) is 24.1 Å². The number of nitrogens with one attached hydrogen (secondary N) is 2. The van der Waals surface area contributed by atoms with Crippen LogP contribution in [0.3, 0.4) is 0 Å². The molecule has 0 heterocycles. The summed E-state index contributed by atoms with van der Waals surface area (Å²) in [5.41, 5.74) is 25.5. The third-order valence-corrected chi connectivity index (χ3v) is 16.3. The Balaban J connectivity index is 1.51. The fraction of sp³-hybridized carbons (Fsp3) is 0.462. The van der Waals surface area contributed by atoms with Crippen LogP contribution in [0.4, 0.5) is 22.7 Å². The first-order chi connectivity index (χ1) is 36.2. The van der Waals surface area contributed by atoms with Gasteiger partial charge in [-0.25, -0.2) is 0 Å². The molecule has 0 amide bonds. The van der Waals surface area contributed by atoms with Gasteiger partial charge in [-0.2, -0.15) is 0 Å². The van der Waals surface area contributed by atoms with Gasteiger partial charge in [0.05, 0.1) is 0 Å². The lowest BCUT2D eigenvalue weighted by molar-refractivity contribution is 0.568. The van der Waals surface area contributed by atoms with Gasteiger partial charge in [-0.3, -0.25) is 0 Å². The summed E-state index contributed by atoms with van der Waals surface area (Å²) >= 11 is 0. The molecule has 0 unspecified atom stereocenters. The van der Waals surface area contributed by atoms with E-state index in [1.165, 1.54) is 94.6 Å². The van der Waals surface area contributed by atoms with Gasteiger partial charge in [-0.15, -0.1) is 0 Å². The van der Waals surface area contributed by atoms with Gasteiger partial charge in [0.15, 0.2) is 0 Å². The highest BCUT2D eigenvalue weighted by atomic mass is 14.9. The predicted octanol–water partition coefficient (Wildman–Crippen LogP) is 23.5. The maximum absolute atomic E-state index is 4.16. The van der Waals surface area contributed by atoms with Crippen molar-refractivity contribution >= 4 is 22.7 Å². The van der Waals surface area contributed by atoms with Gasteiger partial charge in [0.1, 0.15) is 0 Å². The largest absolute Gasteiger partial charge is 0.355 e. The summed E-state index contributed by atoms with van der Waals surface area (Å²) in [5.74, 6) is 0. The van der Waals surface area contributed by atoms with Crippen molar-refractivity contribution in [3.63, 3.8) is 0 Å². The first kappa shape index (κ1) is 61.8. The van der Waals surface area contributed by atoms with E-state index >= 15 is 0 Å². The highest BCUT2D eigenvalue weighted by Crippen LogP contribution is 2.45. The quantitative estimate of drug-likeness (QED) is 0.158. The molecule has 7 aromatic rings. The van der Waals surface area contributed by atoms with Crippen molar-refractivity contribution in [2.75, 3.05) is 10.6 Å². The highest BCUT2D eigenvalue weighted by molar-refractivity contribution is 5.89. The van der Waals surface area contributed by atoms with Gasteiger partial charge in [-0.05, 0) is 163 Å². The lowest BCUT2D eigenvalue weighted by atomic mass is 9.78. The van der Waals surface area contributed by atoms with Crippen LogP contribution < -0.4 is 10.6 Å². The van der Waals surface area contributed by atoms with Gasteiger partial charge in [0.2, 0.25) is 0 Å². The van der Waals surface area contributed by atoms with Crippen molar-refractivity contribution in [3.8, 4) is 44.5 Å². The van der Waals surface area contributed by atoms with Crippen LogP contribution in [0.25, 0.3) is 44.5 Å². The molecule has 0 bridgehead atoms. The van der Waals surface area contributed by atoms with E-state index in [0.717, 1.165) is 22.7 Å². The molecule has 0 saturated heterocycles. The Morgan fingerprint density at radius 2 is 0.388 bits per heavy atom. The third kappa shape index (κ3) is 14.6. The maximum atomic E-state index is 4.16. The summed E-state index contributed by atoms with van der Waals surface area (Å²) < 4.78 is 0. The highest BCUT2D eigenvalue weighted by Gasteiger charge is 2.28. The summed E-state index contributed by atoms with van der Waals surface area (Å²) in [6.45, 7) is 62.9. The van der Waals surface area contributed by atoms with Crippen molar-refractivity contribution in [1.29, 1.82) is 0 Å². The normalized spacial score (nSPS) is 13.4. The van der Waals surface area contributed by atoms with Crippen molar-refractivity contribution in [3.05, 3.63) is 177 Å². The van der Waals surface area contributed by atoms with Crippen LogP contribution in [-0.4, -0.2) is 0 Å². The second-order valence-electron chi connectivity index (χ2n) is 33.0. The Bertz CT molecular complexity index is 3050. The second kappa shape index (κ2) is 21.2. The smallest absolute Gasteiger partial charge is 0.0470 e. The lowest BCUT2D eigenvalue weighted by Gasteiger charge is -2.28. The Morgan fingerprint density at radius 1 is 0.188 bits per heavy atom. The standard InChI is InChI=1S/C78H104N2/c1-70(2,3)55-32-51(33-56(42-55)71(4,5)6)49-28-30-66(53-36-59(74(13,14)15)44-60(37-53)75(16,17)18)68(40-49)79-64-46-63(78(25,26)27)47-65(48-64)80-69-41-50(52-34-57(72(7,8)9)43-58(35-52)73(10,11)12)29-31-67(69)54-38-61(76(19,20)21)45-62(39-54)77(22,23)24/h28-48,79-80H,1-27H3. The monoisotopic (exact) mass is 1070 g/mol. The van der Waals surface area contributed by atoms with Crippen LogP contribution in [0.1, 0.15) is 237 Å². The molecule has 0 fully saturated rings. The Hall–Kier alpha value is -5.86. The molecule has 7 rings (SSSR count). The molecule has 7 aromatic carbocycles. The predicted molar refractivity (Wildman–Crippen MR) is 356 cm³/mol. The maximum Gasteiger partial charge on any atom is 0.0470 e. The average Bonchev–Trinajstić information content (AvgIpc) is 3.31. The van der Waals surface area contributed by atoms with Crippen molar-refractivity contribution in [2.24, 2.45) is 0 Å². The Labute approximate surface area is 488 Å². The van der Waals surface area contributed by atoms with E-state index in [0.29, 0.717) is 0 Å². The lowest BCUT2D eigenvalue weighted by Crippen LogP contribution is -2.17. The minimum absolute atomic E-state index is 0.0138. The number of rotatable bonds is 8. The molecule has 2 heteroatoms. The molecular formula is C78H104N2. The third-order valence-electron chi connectivity index (χ3n) is 16.3. The SMILES string of the molecule is CC(C)(C)c1cc(Nc2cc(-c3cc(C(C)(C)C)cc(C(C)(C)C)c3)ccc2-c2cc(C(C)(C)C)cc(C(C)(C)C)c2)cc(Nc2cc(-c3cc(C(C)(C)C)cc(C(C)(C)C)c3)ccc2-c2cc(C(C)(C)C)cc(C(C)(C)C)c2)c1. The van der Waals surface area contributed by atoms with Crippen LogP contribution in [0.15, 0.2) is 127 Å². The van der Waals surface area contributed by atoms with Crippen LogP contribution in [0.2, 0.25) is 0 Å². The van der Waals surface area contributed by atoms with Crippen molar-refractivity contribution in [1.82, 2.24) is 0 Å². The first-order valence-corrected chi connectivity index (χ1v) is 29.9. The zero-order chi connectivity index (χ0) is 59.9. The molecule has 0 radical (unpaired) electrons. The van der Waals surface area contributed by atoms with E-state index in [1.54, 1.807) is 0 Å². The van der Waals surface area contributed by atoms with Crippen molar-refractivity contribution in [2.45, 2.75) is 236 Å². The molecule has 0 atom stereocenters. The molecule has 0 spiro atoms. The van der Waals surface area contributed by atoms with Crippen molar-refractivity contribution < 1.29 is 0 Å².